The van der Waals surface area contributed by atoms with Gasteiger partial charge >= 0.3 is 0 Å². The Balaban J connectivity index is 1.99. The van der Waals surface area contributed by atoms with Crippen molar-refractivity contribution >= 4 is 11.3 Å². The van der Waals surface area contributed by atoms with Crippen LogP contribution in [0.5, 0.6) is 0 Å². The van der Waals surface area contributed by atoms with E-state index in [1.165, 1.54) is 35.5 Å². The van der Waals surface area contributed by atoms with E-state index in [1.54, 1.807) is 11.3 Å². The average Bonchev–Trinajstić information content (AvgIpc) is 3.18. The maximum absolute atomic E-state index is 13.1. The molecule has 0 amide bonds. The number of hydrogen-bond donors (Lipinski definition) is 1. The quantitative estimate of drug-likeness (QED) is 0.926. The highest BCUT2D eigenvalue weighted by Gasteiger charge is 2.33. The molecule has 4 heteroatoms. The minimum Gasteiger partial charge on any atom is -0.326 e. The average molecular weight is 290 g/mol. The zero-order valence-corrected chi connectivity index (χ0v) is 12.6. The number of nitrogens with two attached hydrogens (primary N) is 1. The summed E-state index contributed by atoms with van der Waals surface area (Å²) in [5, 5.41) is 1.08. The fourth-order valence-corrected chi connectivity index (χ4v) is 3.59. The highest BCUT2D eigenvalue weighted by Crippen LogP contribution is 2.45. The van der Waals surface area contributed by atoms with E-state index in [4.69, 9.17) is 10.7 Å². The second kappa shape index (κ2) is 4.93. The third-order valence-electron chi connectivity index (χ3n) is 3.98. The van der Waals surface area contributed by atoms with Gasteiger partial charge in [0.25, 0.3) is 0 Å². The van der Waals surface area contributed by atoms with E-state index in [9.17, 15) is 4.39 Å². The summed E-state index contributed by atoms with van der Waals surface area (Å²) in [4.78, 5) is 6.06. The first-order valence-corrected chi connectivity index (χ1v) is 7.80. The number of aromatic nitrogens is 1. The van der Waals surface area contributed by atoms with Crippen LogP contribution in [0, 0.1) is 5.82 Å². The zero-order chi connectivity index (χ0) is 14.3. The first kappa shape index (κ1) is 13.7. The van der Waals surface area contributed by atoms with Gasteiger partial charge in [-0.25, -0.2) is 9.37 Å². The van der Waals surface area contributed by atoms with Crippen LogP contribution in [0.25, 0.3) is 0 Å². The van der Waals surface area contributed by atoms with Gasteiger partial charge in [-0.3, -0.25) is 0 Å². The molecule has 0 bridgehead atoms. The molecular weight excluding hydrogens is 271 g/mol. The molecule has 0 unspecified atom stereocenters. The van der Waals surface area contributed by atoms with Gasteiger partial charge in [0, 0.05) is 22.8 Å². The van der Waals surface area contributed by atoms with Crippen LogP contribution in [0.15, 0.2) is 24.3 Å². The van der Waals surface area contributed by atoms with E-state index >= 15 is 0 Å². The van der Waals surface area contributed by atoms with Gasteiger partial charge in [0.15, 0.2) is 0 Å². The third-order valence-corrected chi connectivity index (χ3v) is 5.39. The van der Waals surface area contributed by atoms with Crippen LogP contribution in [0.3, 0.4) is 0 Å². The molecule has 2 nitrogen and oxygen atoms in total. The van der Waals surface area contributed by atoms with E-state index in [-0.39, 0.29) is 11.2 Å². The summed E-state index contributed by atoms with van der Waals surface area (Å²) < 4.78 is 13.1. The van der Waals surface area contributed by atoms with Gasteiger partial charge in [0.2, 0.25) is 0 Å². The first-order valence-electron chi connectivity index (χ1n) is 6.98. The van der Waals surface area contributed by atoms with Crippen molar-refractivity contribution in [2.75, 3.05) is 0 Å². The lowest BCUT2D eigenvalue weighted by Gasteiger charge is -2.22. The molecule has 1 aliphatic rings. The molecule has 2 N–H and O–H groups in total. The van der Waals surface area contributed by atoms with Crippen LogP contribution in [-0.2, 0) is 12.0 Å². The number of halogens is 1. The van der Waals surface area contributed by atoms with Crippen molar-refractivity contribution in [2.24, 2.45) is 5.73 Å². The Bertz CT molecular complexity index is 612. The number of rotatable bonds is 4. The van der Waals surface area contributed by atoms with Crippen LogP contribution >= 0.6 is 11.3 Å². The molecule has 2 aromatic rings. The number of hydrogen-bond acceptors (Lipinski definition) is 3. The smallest absolute Gasteiger partial charge is 0.123 e. The van der Waals surface area contributed by atoms with Crippen LogP contribution in [0.4, 0.5) is 4.39 Å². The Morgan fingerprint density at radius 1 is 1.30 bits per heavy atom. The minimum absolute atomic E-state index is 0.204. The SMILES string of the molecule is CC(C)(c1ccc(F)cc1)c1nc(C2CC2)c(CN)s1. The second-order valence-electron chi connectivity index (χ2n) is 5.94. The summed E-state index contributed by atoms with van der Waals surface area (Å²) >= 11 is 1.70. The lowest BCUT2D eigenvalue weighted by molar-refractivity contribution is 0.610. The van der Waals surface area contributed by atoms with Gasteiger partial charge in [-0.2, -0.15) is 0 Å². The lowest BCUT2D eigenvalue weighted by Crippen LogP contribution is -2.18. The molecule has 1 aromatic heterocycles. The first-order chi connectivity index (χ1) is 9.52. The van der Waals surface area contributed by atoms with Crippen molar-refractivity contribution in [1.29, 1.82) is 0 Å². The van der Waals surface area contributed by atoms with Crippen molar-refractivity contribution in [3.8, 4) is 0 Å². The van der Waals surface area contributed by atoms with Crippen molar-refractivity contribution in [2.45, 2.75) is 44.6 Å². The fraction of sp³-hybridized carbons (Fsp3) is 0.438. The van der Waals surface area contributed by atoms with Gasteiger partial charge in [0.1, 0.15) is 10.8 Å². The monoisotopic (exact) mass is 290 g/mol. The summed E-state index contributed by atoms with van der Waals surface area (Å²) in [6.45, 7) is 4.83. The van der Waals surface area contributed by atoms with Crippen LogP contribution in [-0.4, -0.2) is 4.98 Å². The molecule has 3 rings (SSSR count). The number of benzene rings is 1. The summed E-state index contributed by atoms with van der Waals surface area (Å²) in [6.07, 6.45) is 2.46. The van der Waals surface area contributed by atoms with Gasteiger partial charge < -0.3 is 5.73 Å². The molecule has 1 saturated carbocycles. The molecule has 1 aliphatic carbocycles. The van der Waals surface area contributed by atoms with Crippen molar-refractivity contribution in [1.82, 2.24) is 4.98 Å². The molecule has 0 spiro atoms. The topological polar surface area (TPSA) is 38.9 Å². The number of thiazole rings is 1. The molecule has 1 heterocycles. The summed E-state index contributed by atoms with van der Waals surface area (Å²) in [5.41, 5.74) is 7.92. The molecule has 1 aromatic carbocycles. The van der Waals surface area contributed by atoms with Gasteiger partial charge in [-0.15, -0.1) is 11.3 Å². The third kappa shape index (κ3) is 2.38. The Morgan fingerprint density at radius 2 is 1.95 bits per heavy atom. The van der Waals surface area contributed by atoms with E-state index in [2.05, 4.69) is 13.8 Å². The Kier molecular flexibility index (Phi) is 3.38. The predicted molar refractivity (Wildman–Crippen MR) is 80.5 cm³/mol. The Morgan fingerprint density at radius 3 is 2.50 bits per heavy atom. The maximum atomic E-state index is 13.1. The van der Waals surface area contributed by atoms with Gasteiger partial charge in [-0.05, 0) is 44.4 Å². The maximum Gasteiger partial charge on any atom is 0.123 e. The molecule has 0 aliphatic heterocycles. The minimum atomic E-state index is -0.213. The molecule has 0 radical (unpaired) electrons. The summed E-state index contributed by atoms with van der Waals surface area (Å²) in [7, 11) is 0. The molecule has 20 heavy (non-hydrogen) atoms. The number of nitrogens with zero attached hydrogens (tertiary/aromatic N) is 1. The van der Waals surface area contributed by atoms with Crippen LogP contribution in [0.1, 0.15) is 53.7 Å². The lowest BCUT2D eigenvalue weighted by atomic mass is 9.85. The second-order valence-corrected chi connectivity index (χ2v) is 7.02. The zero-order valence-electron chi connectivity index (χ0n) is 11.8. The van der Waals surface area contributed by atoms with Gasteiger partial charge in [0.05, 0.1) is 5.69 Å². The molecular formula is C16H19FN2S. The fourth-order valence-electron chi connectivity index (χ4n) is 2.44. The molecule has 0 saturated heterocycles. The molecule has 1 fully saturated rings. The van der Waals surface area contributed by atoms with E-state index in [0.717, 1.165) is 10.6 Å². The van der Waals surface area contributed by atoms with Crippen LogP contribution in [0.2, 0.25) is 0 Å². The van der Waals surface area contributed by atoms with Crippen molar-refractivity contribution < 1.29 is 4.39 Å². The predicted octanol–water partition coefficient (Wildman–Crippen LogP) is 3.94. The largest absolute Gasteiger partial charge is 0.326 e. The van der Waals surface area contributed by atoms with E-state index in [1.807, 2.05) is 12.1 Å². The summed E-state index contributed by atoms with van der Waals surface area (Å²) in [5.74, 6) is 0.410. The van der Waals surface area contributed by atoms with Crippen molar-refractivity contribution in [3.63, 3.8) is 0 Å². The van der Waals surface area contributed by atoms with E-state index in [0.29, 0.717) is 12.5 Å². The van der Waals surface area contributed by atoms with Gasteiger partial charge in [-0.1, -0.05) is 12.1 Å². The molecule has 106 valence electrons. The van der Waals surface area contributed by atoms with Crippen LogP contribution < -0.4 is 5.73 Å². The Labute approximate surface area is 122 Å². The highest BCUT2D eigenvalue weighted by molar-refractivity contribution is 7.12. The van der Waals surface area contributed by atoms with Crippen molar-refractivity contribution in [3.05, 3.63) is 51.2 Å². The standard InChI is InChI=1S/C16H19FN2S/c1-16(2,11-5-7-12(17)8-6-11)15-19-14(10-3-4-10)13(9-18)20-15/h5-8,10H,3-4,9,18H2,1-2H3. The Hall–Kier alpha value is -1.26. The van der Waals surface area contributed by atoms with E-state index < -0.39 is 0 Å². The normalized spacial score (nSPS) is 15.6. The highest BCUT2D eigenvalue weighted by atomic mass is 32.1. The molecule has 0 atom stereocenters. The summed E-state index contributed by atoms with van der Waals surface area (Å²) in [6, 6.07) is 6.71.